The molecule has 33 heavy (non-hydrogen) atoms. The number of rotatable bonds is 5. The summed E-state index contributed by atoms with van der Waals surface area (Å²) in [5.74, 6) is -1.60. The van der Waals surface area contributed by atoms with Gasteiger partial charge in [0.15, 0.2) is 0 Å². The molecule has 8 heteroatoms. The van der Waals surface area contributed by atoms with Crippen molar-refractivity contribution in [2.24, 2.45) is 0 Å². The first-order valence-electron chi connectivity index (χ1n) is 10.3. The number of amides is 2. The van der Waals surface area contributed by atoms with Crippen LogP contribution in [0.2, 0.25) is 0 Å². The molecule has 8 nitrogen and oxygen atoms in total. The van der Waals surface area contributed by atoms with Crippen LogP contribution in [0.1, 0.15) is 31.8 Å². The maximum absolute atomic E-state index is 13.0. The molecular formula is C25H19N3O5. The number of hydrogen-bond acceptors (Lipinski definition) is 5. The molecule has 1 saturated heterocycles. The topological polar surface area (TPSA) is 108 Å². The first-order valence-corrected chi connectivity index (χ1v) is 10.3. The predicted molar refractivity (Wildman–Crippen MR) is 122 cm³/mol. The van der Waals surface area contributed by atoms with Crippen molar-refractivity contribution in [1.82, 2.24) is 5.06 Å². The second-order valence-corrected chi connectivity index (χ2v) is 7.58. The summed E-state index contributed by atoms with van der Waals surface area (Å²) in [6.07, 6.45) is 0. The van der Waals surface area contributed by atoms with Gasteiger partial charge in [0, 0.05) is 16.8 Å². The van der Waals surface area contributed by atoms with Gasteiger partial charge in [0.1, 0.15) is 0 Å². The lowest BCUT2D eigenvalue weighted by Crippen LogP contribution is -2.43. The van der Waals surface area contributed by atoms with E-state index < -0.39 is 5.97 Å². The number of benzene rings is 3. The van der Waals surface area contributed by atoms with Crippen LogP contribution in [0.3, 0.4) is 0 Å². The minimum atomic E-state index is -1.07. The third-order valence-corrected chi connectivity index (χ3v) is 5.49. The Morgan fingerprint density at radius 1 is 0.939 bits per heavy atom. The van der Waals surface area contributed by atoms with Crippen molar-refractivity contribution in [2.45, 2.75) is 0 Å². The molecule has 3 aromatic carbocycles. The summed E-state index contributed by atoms with van der Waals surface area (Å²) in [4.78, 5) is 41.7. The van der Waals surface area contributed by atoms with Gasteiger partial charge in [-0.25, -0.2) is 9.86 Å². The Balaban J connectivity index is 1.54. The smallest absolute Gasteiger partial charge is 0.335 e. The van der Waals surface area contributed by atoms with Crippen LogP contribution in [-0.2, 0) is 9.63 Å². The molecule has 0 radical (unpaired) electrons. The summed E-state index contributed by atoms with van der Waals surface area (Å²) in [6, 6.07) is 20.8. The average molecular weight is 441 g/mol. The molecule has 2 aliphatic heterocycles. The van der Waals surface area contributed by atoms with Gasteiger partial charge >= 0.3 is 5.97 Å². The molecular weight excluding hydrogens is 422 g/mol. The zero-order valence-electron chi connectivity index (χ0n) is 17.4. The van der Waals surface area contributed by atoms with E-state index in [1.165, 1.54) is 17.2 Å². The fourth-order valence-corrected chi connectivity index (χ4v) is 3.77. The van der Waals surface area contributed by atoms with E-state index in [1.54, 1.807) is 30.3 Å². The number of aromatic carboxylic acids is 1. The van der Waals surface area contributed by atoms with Gasteiger partial charge in [-0.2, -0.15) is 0 Å². The third kappa shape index (κ3) is 3.83. The maximum Gasteiger partial charge on any atom is 0.335 e. The van der Waals surface area contributed by atoms with E-state index >= 15 is 0 Å². The molecule has 2 heterocycles. The third-order valence-electron chi connectivity index (χ3n) is 5.49. The zero-order valence-corrected chi connectivity index (χ0v) is 17.4. The van der Waals surface area contributed by atoms with Crippen LogP contribution in [0.15, 0.2) is 72.8 Å². The molecule has 3 N–H and O–H groups in total. The molecule has 0 spiro atoms. The van der Waals surface area contributed by atoms with Gasteiger partial charge in [0.2, 0.25) is 0 Å². The van der Waals surface area contributed by atoms with Crippen LogP contribution in [0.5, 0.6) is 0 Å². The van der Waals surface area contributed by atoms with Gasteiger partial charge in [-0.15, -0.1) is 0 Å². The van der Waals surface area contributed by atoms with Crippen LogP contribution < -0.4 is 10.6 Å². The van der Waals surface area contributed by atoms with Crippen LogP contribution in [-0.4, -0.2) is 41.1 Å². The number of fused-ring (bicyclic) bond motifs is 1. The lowest BCUT2D eigenvalue weighted by atomic mass is 9.99. The largest absolute Gasteiger partial charge is 0.478 e. The molecule has 0 saturated carbocycles. The number of nitrogens with zero attached hydrogens (tertiary/aromatic N) is 1. The van der Waals surface area contributed by atoms with Gasteiger partial charge < -0.3 is 15.7 Å². The molecule has 0 bridgehead atoms. The maximum atomic E-state index is 13.0. The highest BCUT2D eigenvalue weighted by Crippen LogP contribution is 2.38. The highest BCUT2D eigenvalue weighted by Gasteiger charge is 2.29. The fourth-order valence-electron chi connectivity index (χ4n) is 3.77. The molecule has 2 aliphatic rings. The van der Waals surface area contributed by atoms with Gasteiger partial charge in [-0.05, 0) is 42.0 Å². The zero-order chi connectivity index (χ0) is 22.9. The number of hydrogen-bond donors (Lipinski definition) is 3. The van der Waals surface area contributed by atoms with Crippen molar-refractivity contribution in [3.8, 4) is 0 Å². The summed E-state index contributed by atoms with van der Waals surface area (Å²) >= 11 is 0. The SMILES string of the molecule is O=C1Nc2cc(C(=O)O)ccc2C1=C(Nc1ccc(C(=O)N2CCO2)cc1)c1ccccc1. The van der Waals surface area contributed by atoms with Crippen molar-refractivity contribution in [2.75, 3.05) is 23.8 Å². The number of carboxylic acid groups (broad SMARTS) is 1. The van der Waals surface area contributed by atoms with Crippen molar-refractivity contribution >= 4 is 40.4 Å². The van der Waals surface area contributed by atoms with Crippen LogP contribution in [0.25, 0.3) is 11.3 Å². The molecule has 3 aromatic rings. The Labute approximate surface area is 189 Å². The Morgan fingerprint density at radius 2 is 1.64 bits per heavy atom. The van der Waals surface area contributed by atoms with E-state index in [2.05, 4.69) is 10.6 Å². The van der Waals surface area contributed by atoms with Gasteiger partial charge in [-0.1, -0.05) is 36.4 Å². The van der Waals surface area contributed by atoms with Crippen LogP contribution >= 0.6 is 0 Å². The van der Waals surface area contributed by atoms with Gasteiger partial charge in [0.05, 0.1) is 35.7 Å². The lowest BCUT2D eigenvalue weighted by Gasteiger charge is -2.29. The van der Waals surface area contributed by atoms with E-state index in [-0.39, 0.29) is 17.4 Å². The number of carbonyl (C=O) groups excluding carboxylic acids is 2. The molecule has 0 aromatic heterocycles. The van der Waals surface area contributed by atoms with Crippen LogP contribution in [0.4, 0.5) is 11.4 Å². The summed E-state index contributed by atoms with van der Waals surface area (Å²) in [7, 11) is 0. The molecule has 0 aliphatic carbocycles. The van der Waals surface area contributed by atoms with Crippen molar-refractivity contribution < 1.29 is 24.3 Å². The second-order valence-electron chi connectivity index (χ2n) is 7.58. The average Bonchev–Trinajstić information content (AvgIpc) is 3.12. The molecule has 2 amide bonds. The first kappa shape index (κ1) is 20.5. The van der Waals surface area contributed by atoms with E-state index in [1.807, 2.05) is 30.3 Å². The monoisotopic (exact) mass is 441 g/mol. The first-order chi connectivity index (χ1) is 16.0. The number of hydroxylamine groups is 2. The normalized spacial score (nSPS) is 15.9. The number of carboxylic acids is 1. The Bertz CT molecular complexity index is 1300. The summed E-state index contributed by atoms with van der Waals surface area (Å²) in [6.45, 7) is 1.11. The van der Waals surface area contributed by atoms with Crippen molar-refractivity contribution in [3.63, 3.8) is 0 Å². The molecule has 0 atom stereocenters. The van der Waals surface area contributed by atoms with Crippen molar-refractivity contribution in [3.05, 3.63) is 95.1 Å². The van der Waals surface area contributed by atoms with E-state index in [4.69, 9.17) is 4.84 Å². The number of anilines is 2. The van der Waals surface area contributed by atoms with E-state index in [0.29, 0.717) is 46.9 Å². The quantitative estimate of drug-likeness (QED) is 0.521. The molecule has 164 valence electrons. The van der Waals surface area contributed by atoms with Gasteiger partial charge in [0.25, 0.3) is 11.8 Å². The van der Waals surface area contributed by atoms with Crippen molar-refractivity contribution in [1.29, 1.82) is 0 Å². The van der Waals surface area contributed by atoms with E-state index in [9.17, 15) is 19.5 Å². The lowest BCUT2D eigenvalue weighted by molar-refractivity contribution is -0.207. The minimum Gasteiger partial charge on any atom is -0.478 e. The fraction of sp³-hybridized carbons (Fsp3) is 0.0800. The summed E-state index contributed by atoms with van der Waals surface area (Å²) in [5, 5.41) is 16.7. The highest BCUT2D eigenvalue weighted by atomic mass is 16.7. The molecule has 1 fully saturated rings. The Hall–Kier alpha value is -4.43. The summed E-state index contributed by atoms with van der Waals surface area (Å²) < 4.78 is 0. The minimum absolute atomic E-state index is 0.0935. The van der Waals surface area contributed by atoms with Gasteiger partial charge in [-0.3, -0.25) is 14.4 Å². The number of nitrogens with one attached hydrogen (secondary N) is 2. The molecule has 5 rings (SSSR count). The predicted octanol–water partition coefficient (Wildman–Crippen LogP) is 3.70. The van der Waals surface area contributed by atoms with Crippen LogP contribution in [0, 0.1) is 0 Å². The Kier molecular flexibility index (Phi) is 5.12. The highest BCUT2D eigenvalue weighted by molar-refractivity contribution is 6.37. The second kappa shape index (κ2) is 8.25. The van der Waals surface area contributed by atoms with E-state index in [0.717, 1.165) is 5.56 Å². The Morgan fingerprint density at radius 3 is 2.27 bits per heavy atom. The summed E-state index contributed by atoms with van der Waals surface area (Å²) in [5.41, 5.74) is 4.09. The standard InChI is InChI=1S/C25H19N3O5/c29-23-21(19-11-8-17(25(31)32)14-20(19)27-23)22(15-4-2-1-3-5-15)26-18-9-6-16(7-10-18)24(30)28-12-13-33-28/h1-11,14,26H,12-13H2,(H,27,29)(H,31,32). The molecule has 0 unspecified atom stereocenters. The number of carbonyl (C=O) groups is 3.